The second-order valence-electron chi connectivity index (χ2n) is 7.53. The Balaban J connectivity index is 1.68. The summed E-state index contributed by atoms with van der Waals surface area (Å²) in [4.78, 5) is 2.37. The van der Waals surface area contributed by atoms with Crippen molar-refractivity contribution in [2.45, 2.75) is 19.8 Å². The summed E-state index contributed by atoms with van der Waals surface area (Å²) in [5.74, 6) is 0. The van der Waals surface area contributed by atoms with E-state index in [2.05, 4.69) is 109 Å². The molecule has 28 heavy (non-hydrogen) atoms. The monoisotopic (exact) mass is 361 g/mol. The fraction of sp³-hybridized carbons (Fsp3) is 0.111. The number of aryl methyl sites for hydroxylation is 2. The molecule has 0 aliphatic heterocycles. The third-order valence-electron chi connectivity index (χ3n) is 5.55. The summed E-state index contributed by atoms with van der Waals surface area (Å²) in [5, 5.41) is 2.53. The zero-order valence-electron chi connectivity index (χ0n) is 16.1. The number of hydrogen-bond acceptors (Lipinski definition) is 1. The molecule has 1 nitrogen and oxygen atoms in total. The van der Waals surface area contributed by atoms with Crippen molar-refractivity contribution in [2.24, 2.45) is 0 Å². The molecule has 1 aliphatic carbocycles. The molecule has 0 saturated heterocycles. The second kappa shape index (κ2) is 7.01. The topological polar surface area (TPSA) is 3.24 Å². The van der Waals surface area contributed by atoms with Gasteiger partial charge in [-0.1, -0.05) is 66.2 Å². The molecule has 0 unspecified atom stereocenters. The van der Waals surface area contributed by atoms with E-state index in [0.717, 1.165) is 12.8 Å². The summed E-state index contributed by atoms with van der Waals surface area (Å²) in [6, 6.07) is 30.9. The van der Waals surface area contributed by atoms with Crippen LogP contribution >= 0.6 is 0 Å². The summed E-state index contributed by atoms with van der Waals surface area (Å²) >= 11 is 0. The Morgan fingerprint density at radius 1 is 0.679 bits per heavy atom. The smallest absolute Gasteiger partial charge is 0.0468 e. The molecule has 0 bridgehead atoms. The average molecular weight is 361 g/mol. The van der Waals surface area contributed by atoms with E-state index < -0.39 is 0 Å². The van der Waals surface area contributed by atoms with Gasteiger partial charge in [0.05, 0.1) is 0 Å². The lowest BCUT2D eigenvalue weighted by molar-refractivity contribution is 0.984. The van der Waals surface area contributed by atoms with Gasteiger partial charge in [-0.15, -0.1) is 0 Å². The molecule has 1 aliphatic rings. The molecule has 0 atom stereocenters. The Bertz CT molecular complexity index is 1170. The van der Waals surface area contributed by atoms with Gasteiger partial charge in [0, 0.05) is 17.1 Å². The van der Waals surface area contributed by atoms with Crippen molar-refractivity contribution in [1.29, 1.82) is 0 Å². The Hall–Kier alpha value is -3.32. The minimum Gasteiger partial charge on any atom is -0.310 e. The van der Waals surface area contributed by atoms with Crippen LogP contribution in [0.25, 0.3) is 16.8 Å². The minimum atomic E-state index is 1.11. The fourth-order valence-electron chi connectivity index (χ4n) is 4.02. The van der Waals surface area contributed by atoms with Gasteiger partial charge in [0.15, 0.2) is 0 Å². The van der Waals surface area contributed by atoms with Crippen molar-refractivity contribution in [2.75, 3.05) is 4.90 Å². The van der Waals surface area contributed by atoms with E-state index in [1.54, 1.807) is 0 Å². The molecular weight excluding hydrogens is 338 g/mol. The van der Waals surface area contributed by atoms with Gasteiger partial charge < -0.3 is 4.90 Å². The maximum Gasteiger partial charge on any atom is 0.0468 e. The van der Waals surface area contributed by atoms with E-state index in [1.807, 2.05) is 0 Å². The van der Waals surface area contributed by atoms with Crippen LogP contribution in [0.2, 0.25) is 0 Å². The molecular formula is C27H23N. The number of anilines is 3. The number of rotatable bonds is 3. The van der Waals surface area contributed by atoms with Crippen LogP contribution in [0.4, 0.5) is 17.1 Å². The first kappa shape index (κ1) is 16.8. The molecule has 0 saturated carbocycles. The predicted molar refractivity (Wildman–Crippen MR) is 121 cm³/mol. The van der Waals surface area contributed by atoms with Gasteiger partial charge in [-0.3, -0.25) is 0 Å². The van der Waals surface area contributed by atoms with Crippen LogP contribution in [-0.4, -0.2) is 0 Å². The SMILES string of the molecule is Cc1ccc(N(c2ccc3c(c2)CCC=C3)c2ccc3ccccc3c2)cc1. The van der Waals surface area contributed by atoms with Gasteiger partial charge in [-0.05, 0) is 78.1 Å². The van der Waals surface area contributed by atoms with E-state index in [4.69, 9.17) is 0 Å². The quantitative estimate of drug-likeness (QED) is 0.363. The Labute approximate surface area is 166 Å². The zero-order valence-corrected chi connectivity index (χ0v) is 16.1. The Kier molecular flexibility index (Phi) is 4.21. The molecule has 136 valence electrons. The summed E-state index contributed by atoms with van der Waals surface area (Å²) in [6.45, 7) is 2.13. The molecule has 0 heterocycles. The maximum absolute atomic E-state index is 2.37. The number of benzene rings is 4. The van der Waals surface area contributed by atoms with Crippen molar-refractivity contribution >= 4 is 33.9 Å². The lowest BCUT2D eigenvalue weighted by Gasteiger charge is -2.27. The van der Waals surface area contributed by atoms with Crippen LogP contribution in [0.5, 0.6) is 0 Å². The van der Waals surface area contributed by atoms with Crippen molar-refractivity contribution in [3.63, 3.8) is 0 Å². The first-order chi connectivity index (χ1) is 13.8. The molecule has 0 aromatic heterocycles. The Morgan fingerprint density at radius 2 is 1.39 bits per heavy atom. The van der Waals surface area contributed by atoms with Crippen LogP contribution in [0.3, 0.4) is 0 Å². The zero-order chi connectivity index (χ0) is 18.9. The first-order valence-electron chi connectivity index (χ1n) is 9.93. The summed E-state index contributed by atoms with van der Waals surface area (Å²) in [7, 11) is 0. The van der Waals surface area contributed by atoms with Crippen molar-refractivity contribution in [3.05, 3.63) is 108 Å². The highest BCUT2D eigenvalue weighted by atomic mass is 15.1. The largest absolute Gasteiger partial charge is 0.310 e. The van der Waals surface area contributed by atoms with Gasteiger partial charge in [-0.2, -0.15) is 0 Å². The van der Waals surface area contributed by atoms with Crippen molar-refractivity contribution in [1.82, 2.24) is 0 Å². The third-order valence-corrected chi connectivity index (χ3v) is 5.55. The first-order valence-corrected chi connectivity index (χ1v) is 9.93. The van der Waals surface area contributed by atoms with Gasteiger partial charge in [-0.25, -0.2) is 0 Å². The van der Waals surface area contributed by atoms with E-state index in [1.165, 1.54) is 44.5 Å². The van der Waals surface area contributed by atoms with E-state index >= 15 is 0 Å². The van der Waals surface area contributed by atoms with Crippen LogP contribution < -0.4 is 4.90 Å². The summed E-state index contributed by atoms with van der Waals surface area (Å²) in [6.07, 6.45) is 6.74. The highest BCUT2D eigenvalue weighted by molar-refractivity contribution is 5.89. The second-order valence-corrected chi connectivity index (χ2v) is 7.53. The third kappa shape index (κ3) is 3.10. The molecule has 0 N–H and O–H groups in total. The number of allylic oxidation sites excluding steroid dienone is 1. The highest BCUT2D eigenvalue weighted by Gasteiger charge is 2.15. The maximum atomic E-state index is 2.37. The Morgan fingerprint density at radius 3 is 2.25 bits per heavy atom. The number of fused-ring (bicyclic) bond motifs is 2. The molecule has 4 aromatic carbocycles. The van der Waals surface area contributed by atoms with E-state index in [9.17, 15) is 0 Å². The van der Waals surface area contributed by atoms with Gasteiger partial charge in [0.1, 0.15) is 0 Å². The normalized spacial score (nSPS) is 12.8. The lowest BCUT2D eigenvalue weighted by Crippen LogP contribution is -2.11. The van der Waals surface area contributed by atoms with Crippen LogP contribution in [0.15, 0.2) is 91.0 Å². The summed E-state index contributed by atoms with van der Waals surface area (Å²) in [5.41, 5.74) is 7.64. The number of nitrogens with zero attached hydrogens (tertiary/aromatic N) is 1. The van der Waals surface area contributed by atoms with Crippen LogP contribution in [-0.2, 0) is 6.42 Å². The van der Waals surface area contributed by atoms with E-state index in [-0.39, 0.29) is 0 Å². The van der Waals surface area contributed by atoms with Gasteiger partial charge >= 0.3 is 0 Å². The molecule has 1 heteroatoms. The van der Waals surface area contributed by atoms with Crippen LogP contribution in [0, 0.1) is 6.92 Å². The van der Waals surface area contributed by atoms with Crippen LogP contribution in [0.1, 0.15) is 23.1 Å². The number of hydrogen-bond donors (Lipinski definition) is 0. The molecule has 0 radical (unpaired) electrons. The van der Waals surface area contributed by atoms with Crippen molar-refractivity contribution < 1.29 is 0 Å². The molecule has 5 rings (SSSR count). The summed E-state index contributed by atoms with van der Waals surface area (Å²) < 4.78 is 0. The van der Waals surface area contributed by atoms with E-state index in [0.29, 0.717) is 0 Å². The fourth-order valence-corrected chi connectivity index (χ4v) is 4.02. The average Bonchev–Trinajstić information content (AvgIpc) is 2.75. The molecule has 0 fully saturated rings. The molecule has 0 spiro atoms. The highest BCUT2D eigenvalue weighted by Crippen LogP contribution is 2.37. The van der Waals surface area contributed by atoms with Crippen molar-refractivity contribution in [3.8, 4) is 0 Å². The standard InChI is InChI=1S/C27H23N/c1-20-10-14-25(15-11-20)28(26-16-12-21-6-2-4-8-23(21)18-26)27-17-13-22-7-3-5-9-24(22)19-27/h2-4,6-8,10-19H,5,9H2,1H3. The molecule has 0 amide bonds. The molecule has 4 aromatic rings. The van der Waals surface area contributed by atoms with Gasteiger partial charge in [0.25, 0.3) is 0 Å². The lowest BCUT2D eigenvalue weighted by atomic mass is 9.96. The minimum absolute atomic E-state index is 1.11. The predicted octanol–water partition coefficient (Wildman–Crippen LogP) is 7.58. The van der Waals surface area contributed by atoms with Gasteiger partial charge in [0.2, 0.25) is 0 Å².